The van der Waals surface area contributed by atoms with Crippen molar-refractivity contribution in [2.24, 2.45) is 5.73 Å². The van der Waals surface area contributed by atoms with E-state index in [0.717, 1.165) is 19.4 Å². The number of aromatic nitrogens is 2. The molecule has 3 amide bonds. The molecule has 4 N–H and O–H groups in total. The number of nitrogens with zero attached hydrogens (tertiary/aromatic N) is 2. The molecule has 9 heteroatoms. The molecule has 26 heavy (non-hydrogen) atoms. The number of amides is 3. The van der Waals surface area contributed by atoms with Crippen molar-refractivity contribution < 1.29 is 19.1 Å². The second-order valence-corrected chi connectivity index (χ2v) is 5.94. The van der Waals surface area contributed by atoms with Gasteiger partial charge in [-0.25, -0.2) is 4.79 Å². The normalized spacial score (nSPS) is 16.2. The lowest BCUT2D eigenvalue weighted by Crippen LogP contribution is -2.20. The van der Waals surface area contributed by atoms with Gasteiger partial charge in [0.2, 0.25) is 0 Å². The molecule has 1 saturated heterocycles. The molecule has 1 aromatic heterocycles. The lowest BCUT2D eigenvalue weighted by molar-refractivity contribution is -0.119. The van der Waals surface area contributed by atoms with Crippen molar-refractivity contribution in [3.63, 3.8) is 0 Å². The quantitative estimate of drug-likeness (QED) is 0.693. The summed E-state index contributed by atoms with van der Waals surface area (Å²) in [6, 6.07) is 6.22. The van der Waals surface area contributed by atoms with Gasteiger partial charge in [0, 0.05) is 18.5 Å². The fraction of sp³-hybridized carbons (Fsp3) is 0.353. The van der Waals surface area contributed by atoms with Gasteiger partial charge in [0.25, 0.3) is 5.91 Å². The second kappa shape index (κ2) is 8.34. The minimum Gasteiger partial charge on any atom is -0.484 e. The van der Waals surface area contributed by atoms with E-state index in [1.807, 2.05) is 0 Å². The summed E-state index contributed by atoms with van der Waals surface area (Å²) in [6.45, 7) is 1.28. The van der Waals surface area contributed by atoms with Crippen LogP contribution in [0.4, 0.5) is 16.2 Å². The van der Waals surface area contributed by atoms with Crippen molar-refractivity contribution in [2.75, 3.05) is 23.8 Å². The van der Waals surface area contributed by atoms with Gasteiger partial charge in [0.15, 0.2) is 6.61 Å². The number of nitrogens with two attached hydrogens (primary N) is 1. The molecule has 0 aliphatic carbocycles. The molecule has 3 rings (SSSR count). The Morgan fingerprint density at radius 1 is 1.27 bits per heavy atom. The topological polar surface area (TPSA) is 121 Å². The van der Waals surface area contributed by atoms with E-state index in [0.29, 0.717) is 23.7 Å². The zero-order valence-electron chi connectivity index (χ0n) is 14.2. The van der Waals surface area contributed by atoms with E-state index in [1.54, 1.807) is 41.3 Å². The number of hydrogen-bond acceptors (Lipinski definition) is 5. The van der Waals surface area contributed by atoms with Crippen molar-refractivity contribution >= 4 is 23.3 Å². The average molecular weight is 359 g/mol. The van der Waals surface area contributed by atoms with Gasteiger partial charge >= 0.3 is 6.03 Å². The first-order chi connectivity index (χ1) is 12.6. The van der Waals surface area contributed by atoms with Crippen molar-refractivity contribution in [3.8, 4) is 5.75 Å². The van der Waals surface area contributed by atoms with Crippen LogP contribution in [0.1, 0.15) is 12.8 Å². The fourth-order valence-electron chi connectivity index (χ4n) is 2.61. The number of anilines is 2. The number of ether oxygens (including phenoxy) is 2. The third-order valence-corrected chi connectivity index (χ3v) is 3.80. The van der Waals surface area contributed by atoms with Crippen molar-refractivity contribution in [1.82, 2.24) is 9.78 Å². The Hall–Kier alpha value is -3.07. The first-order valence-corrected chi connectivity index (χ1v) is 8.32. The highest BCUT2D eigenvalue weighted by Crippen LogP contribution is 2.17. The molecule has 9 nitrogen and oxygen atoms in total. The van der Waals surface area contributed by atoms with E-state index < -0.39 is 5.91 Å². The predicted molar refractivity (Wildman–Crippen MR) is 95.0 cm³/mol. The van der Waals surface area contributed by atoms with Gasteiger partial charge in [-0.1, -0.05) is 0 Å². The molecule has 0 radical (unpaired) electrons. The van der Waals surface area contributed by atoms with Gasteiger partial charge in [-0.3, -0.25) is 9.48 Å². The number of hydrogen-bond donors (Lipinski definition) is 3. The first kappa shape index (κ1) is 17.7. The molecule has 2 heterocycles. The molecule has 1 atom stereocenters. The van der Waals surface area contributed by atoms with Crippen LogP contribution in [0, 0.1) is 0 Å². The SMILES string of the molecule is NC(=O)COc1ccc(NC(=O)Nc2cnn(CC3CCCO3)c2)cc1. The maximum absolute atomic E-state index is 12.1. The van der Waals surface area contributed by atoms with E-state index in [4.69, 9.17) is 15.2 Å². The molecular weight excluding hydrogens is 338 g/mol. The highest BCUT2D eigenvalue weighted by Gasteiger charge is 2.16. The van der Waals surface area contributed by atoms with Crippen LogP contribution in [0.5, 0.6) is 5.75 Å². The van der Waals surface area contributed by atoms with E-state index in [9.17, 15) is 9.59 Å². The molecule has 0 bridgehead atoms. The van der Waals surface area contributed by atoms with Crippen LogP contribution < -0.4 is 21.1 Å². The molecule has 0 saturated carbocycles. The van der Waals surface area contributed by atoms with E-state index in [-0.39, 0.29) is 18.7 Å². The van der Waals surface area contributed by atoms with Gasteiger partial charge in [-0.2, -0.15) is 5.10 Å². The Balaban J connectivity index is 1.47. The van der Waals surface area contributed by atoms with Gasteiger partial charge in [-0.05, 0) is 37.1 Å². The van der Waals surface area contributed by atoms with Crippen molar-refractivity contribution in [3.05, 3.63) is 36.7 Å². The van der Waals surface area contributed by atoms with Crippen LogP contribution in [-0.4, -0.2) is 41.0 Å². The summed E-state index contributed by atoms with van der Waals surface area (Å²) in [5.41, 5.74) is 6.20. The largest absolute Gasteiger partial charge is 0.484 e. The lowest BCUT2D eigenvalue weighted by Gasteiger charge is -2.09. The smallest absolute Gasteiger partial charge is 0.323 e. The van der Waals surface area contributed by atoms with Crippen LogP contribution in [0.15, 0.2) is 36.7 Å². The number of nitrogens with one attached hydrogen (secondary N) is 2. The minimum absolute atomic E-state index is 0.187. The summed E-state index contributed by atoms with van der Waals surface area (Å²) >= 11 is 0. The molecular formula is C17H21N5O4. The Kier molecular flexibility index (Phi) is 5.69. The molecule has 2 aromatic rings. The molecule has 1 fully saturated rings. The minimum atomic E-state index is -0.549. The van der Waals surface area contributed by atoms with Gasteiger partial charge in [0.1, 0.15) is 5.75 Å². The maximum Gasteiger partial charge on any atom is 0.323 e. The van der Waals surface area contributed by atoms with E-state index >= 15 is 0 Å². The Bertz CT molecular complexity index is 753. The van der Waals surface area contributed by atoms with E-state index in [1.165, 1.54) is 0 Å². The second-order valence-electron chi connectivity index (χ2n) is 5.94. The van der Waals surface area contributed by atoms with E-state index in [2.05, 4.69) is 15.7 Å². The Labute approximate surface area is 150 Å². The molecule has 1 aliphatic rings. The van der Waals surface area contributed by atoms with Crippen molar-refractivity contribution in [1.29, 1.82) is 0 Å². The number of urea groups is 1. The third kappa shape index (κ3) is 5.21. The number of carbonyl (C=O) groups is 2. The average Bonchev–Trinajstić information content (AvgIpc) is 3.27. The zero-order chi connectivity index (χ0) is 18.4. The highest BCUT2D eigenvalue weighted by molar-refractivity contribution is 5.99. The Morgan fingerprint density at radius 2 is 2.04 bits per heavy atom. The molecule has 1 aromatic carbocycles. The third-order valence-electron chi connectivity index (χ3n) is 3.80. The molecule has 1 unspecified atom stereocenters. The zero-order valence-corrected chi connectivity index (χ0v) is 14.2. The van der Waals surface area contributed by atoms with Crippen LogP contribution >= 0.6 is 0 Å². The standard InChI is InChI=1S/C17H21N5O4/c18-16(23)11-26-14-5-3-12(4-6-14)20-17(24)21-13-8-19-22(9-13)10-15-2-1-7-25-15/h3-6,8-9,15H,1-2,7,10-11H2,(H2,18,23)(H2,20,21,24). The summed E-state index contributed by atoms with van der Waals surface area (Å²) in [5.74, 6) is -0.0585. The van der Waals surface area contributed by atoms with Gasteiger partial charge in [0.05, 0.1) is 24.5 Å². The Morgan fingerprint density at radius 3 is 2.73 bits per heavy atom. The predicted octanol–water partition coefficient (Wildman–Crippen LogP) is 1.57. The highest BCUT2D eigenvalue weighted by atomic mass is 16.5. The first-order valence-electron chi connectivity index (χ1n) is 8.32. The fourth-order valence-corrected chi connectivity index (χ4v) is 2.61. The number of primary amides is 1. The monoisotopic (exact) mass is 359 g/mol. The lowest BCUT2D eigenvalue weighted by atomic mass is 10.2. The van der Waals surface area contributed by atoms with Crippen LogP contribution in [0.3, 0.4) is 0 Å². The van der Waals surface area contributed by atoms with Gasteiger partial charge < -0.3 is 25.8 Å². The number of benzene rings is 1. The summed E-state index contributed by atoms with van der Waals surface area (Å²) in [4.78, 5) is 22.7. The number of rotatable bonds is 7. The molecule has 138 valence electrons. The summed E-state index contributed by atoms with van der Waals surface area (Å²) in [5, 5.41) is 9.66. The van der Waals surface area contributed by atoms with Crippen LogP contribution in [0.25, 0.3) is 0 Å². The summed E-state index contributed by atoms with van der Waals surface area (Å²) in [7, 11) is 0. The molecule has 1 aliphatic heterocycles. The summed E-state index contributed by atoms with van der Waals surface area (Å²) < 4.78 is 12.5. The molecule has 0 spiro atoms. The summed E-state index contributed by atoms with van der Waals surface area (Å²) in [6.07, 6.45) is 5.65. The van der Waals surface area contributed by atoms with Crippen LogP contribution in [0.2, 0.25) is 0 Å². The maximum atomic E-state index is 12.1. The van der Waals surface area contributed by atoms with Crippen molar-refractivity contribution in [2.45, 2.75) is 25.5 Å². The van der Waals surface area contributed by atoms with Gasteiger partial charge in [-0.15, -0.1) is 0 Å². The number of carbonyl (C=O) groups excluding carboxylic acids is 2. The van der Waals surface area contributed by atoms with Crippen LogP contribution in [-0.2, 0) is 16.1 Å².